The number of rotatable bonds is 8. The molecule has 0 aromatic heterocycles. The molecule has 0 aliphatic carbocycles. The number of piperidine rings is 1. The van der Waals surface area contributed by atoms with Crippen molar-refractivity contribution < 1.29 is 14.3 Å². The lowest BCUT2D eigenvalue weighted by Crippen LogP contribution is -2.38. The summed E-state index contributed by atoms with van der Waals surface area (Å²) in [6, 6.07) is 0. The summed E-state index contributed by atoms with van der Waals surface area (Å²) in [5, 5.41) is 6.19. The number of carbonyl (C=O) groups excluding carboxylic acids is 1. The molecule has 1 amide bonds. The van der Waals surface area contributed by atoms with Gasteiger partial charge >= 0.3 is 0 Å². The summed E-state index contributed by atoms with van der Waals surface area (Å²) in [6.07, 6.45) is 2.86. The molecule has 0 aromatic carbocycles. The van der Waals surface area contributed by atoms with Crippen LogP contribution in [0.15, 0.2) is 0 Å². The van der Waals surface area contributed by atoms with Crippen molar-refractivity contribution in [2.45, 2.75) is 32.3 Å². The molecular formula is C13H26N2O3. The highest BCUT2D eigenvalue weighted by atomic mass is 16.5. The molecule has 0 saturated carbocycles. The molecular weight excluding hydrogens is 232 g/mol. The van der Waals surface area contributed by atoms with Crippen molar-refractivity contribution in [3.63, 3.8) is 0 Å². The van der Waals surface area contributed by atoms with Crippen LogP contribution >= 0.6 is 0 Å². The van der Waals surface area contributed by atoms with Crippen LogP contribution in [0.3, 0.4) is 0 Å². The first-order valence-electron chi connectivity index (χ1n) is 6.83. The lowest BCUT2D eigenvalue weighted by molar-refractivity contribution is -0.132. The monoisotopic (exact) mass is 258 g/mol. The van der Waals surface area contributed by atoms with Gasteiger partial charge in [-0.1, -0.05) is 0 Å². The minimum Gasteiger partial charge on any atom is -0.385 e. The molecule has 0 bridgehead atoms. The van der Waals surface area contributed by atoms with E-state index in [2.05, 4.69) is 10.6 Å². The minimum atomic E-state index is -0.366. The molecule has 1 fully saturated rings. The van der Waals surface area contributed by atoms with Crippen molar-refractivity contribution >= 4 is 5.91 Å². The standard InChI is InChI=1S/C13H26N2O3/c1-11(13(16)15-7-4-8-17-2)18-10-12-5-3-6-14-9-12/h11-12,14H,3-10H2,1-2H3,(H,15,16). The molecule has 0 aromatic rings. The molecule has 18 heavy (non-hydrogen) atoms. The van der Waals surface area contributed by atoms with E-state index in [0.717, 1.165) is 19.5 Å². The summed E-state index contributed by atoms with van der Waals surface area (Å²) < 4.78 is 10.5. The third kappa shape index (κ3) is 6.33. The lowest BCUT2D eigenvalue weighted by atomic mass is 10.0. The average molecular weight is 258 g/mol. The quantitative estimate of drug-likeness (QED) is 0.624. The molecule has 0 spiro atoms. The van der Waals surface area contributed by atoms with Crippen molar-refractivity contribution in [2.75, 3.05) is 40.0 Å². The lowest BCUT2D eigenvalue weighted by Gasteiger charge is -2.24. The van der Waals surface area contributed by atoms with E-state index in [-0.39, 0.29) is 12.0 Å². The molecule has 1 aliphatic heterocycles. The second-order valence-corrected chi connectivity index (χ2v) is 4.83. The molecule has 1 heterocycles. The van der Waals surface area contributed by atoms with Crippen molar-refractivity contribution in [1.29, 1.82) is 0 Å². The molecule has 2 N–H and O–H groups in total. The topological polar surface area (TPSA) is 59.6 Å². The van der Waals surface area contributed by atoms with Crippen LogP contribution in [0, 0.1) is 5.92 Å². The van der Waals surface area contributed by atoms with Gasteiger partial charge in [0.2, 0.25) is 5.91 Å². The van der Waals surface area contributed by atoms with E-state index in [4.69, 9.17) is 9.47 Å². The second-order valence-electron chi connectivity index (χ2n) is 4.83. The van der Waals surface area contributed by atoms with E-state index < -0.39 is 0 Å². The summed E-state index contributed by atoms with van der Waals surface area (Å²) in [5.41, 5.74) is 0. The normalized spacial score (nSPS) is 21.6. The van der Waals surface area contributed by atoms with Crippen molar-refractivity contribution in [2.24, 2.45) is 5.92 Å². The highest BCUT2D eigenvalue weighted by molar-refractivity contribution is 5.80. The Balaban J connectivity index is 2.07. The van der Waals surface area contributed by atoms with Gasteiger partial charge in [-0.15, -0.1) is 0 Å². The van der Waals surface area contributed by atoms with Crippen LogP contribution in [0.5, 0.6) is 0 Å². The first kappa shape index (κ1) is 15.4. The molecule has 2 unspecified atom stereocenters. The van der Waals surface area contributed by atoms with Crippen LogP contribution in [-0.2, 0) is 14.3 Å². The number of ether oxygens (including phenoxy) is 2. The van der Waals surface area contributed by atoms with Crippen molar-refractivity contribution in [1.82, 2.24) is 10.6 Å². The Morgan fingerprint density at radius 2 is 2.39 bits per heavy atom. The Morgan fingerprint density at radius 3 is 3.06 bits per heavy atom. The SMILES string of the molecule is COCCCNC(=O)C(C)OCC1CCCNC1. The molecule has 5 heteroatoms. The third-order valence-corrected chi connectivity index (χ3v) is 3.17. The molecule has 1 saturated heterocycles. The zero-order valence-corrected chi connectivity index (χ0v) is 11.5. The zero-order valence-electron chi connectivity index (χ0n) is 11.5. The fraction of sp³-hybridized carbons (Fsp3) is 0.923. The van der Waals surface area contributed by atoms with Gasteiger partial charge in [0.25, 0.3) is 0 Å². The maximum absolute atomic E-state index is 11.7. The van der Waals surface area contributed by atoms with Gasteiger partial charge < -0.3 is 20.1 Å². The minimum absolute atomic E-state index is 0.0325. The van der Waals surface area contributed by atoms with E-state index >= 15 is 0 Å². The van der Waals surface area contributed by atoms with Crippen LogP contribution < -0.4 is 10.6 Å². The predicted molar refractivity (Wildman–Crippen MR) is 70.5 cm³/mol. The van der Waals surface area contributed by atoms with Gasteiger partial charge in [-0.25, -0.2) is 0 Å². The summed E-state index contributed by atoms with van der Waals surface area (Å²) >= 11 is 0. The fourth-order valence-corrected chi connectivity index (χ4v) is 1.99. The maximum atomic E-state index is 11.7. The fourth-order valence-electron chi connectivity index (χ4n) is 1.99. The van der Waals surface area contributed by atoms with Crippen LogP contribution in [0.25, 0.3) is 0 Å². The van der Waals surface area contributed by atoms with E-state index in [1.807, 2.05) is 6.92 Å². The number of nitrogens with one attached hydrogen (secondary N) is 2. The zero-order chi connectivity index (χ0) is 13.2. The molecule has 106 valence electrons. The van der Waals surface area contributed by atoms with Gasteiger partial charge in [-0.2, -0.15) is 0 Å². The van der Waals surface area contributed by atoms with E-state index in [1.54, 1.807) is 7.11 Å². The predicted octanol–water partition coefficient (Wildman–Crippen LogP) is 0.544. The van der Waals surface area contributed by atoms with Gasteiger partial charge in [0.05, 0.1) is 6.61 Å². The number of amides is 1. The molecule has 0 radical (unpaired) electrons. The first-order chi connectivity index (χ1) is 8.74. The number of methoxy groups -OCH3 is 1. The Morgan fingerprint density at radius 1 is 1.56 bits per heavy atom. The van der Waals surface area contributed by atoms with Gasteiger partial charge in [0, 0.05) is 26.8 Å². The number of hydrogen-bond acceptors (Lipinski definition) is 4. The van der Waals surface area contributed by atoms with Crippen molar-refractivity contribution in [3.05, 3.63) is 0 Å². The number of carbonyl (C=O) groups is 1. The second kappa shape index (κ2) is 9.30. The molecule has 2 atom stereocenters. The van der Waals surface area contributed by atoms with E-state index in [1.165, 1.54) is 12.8 Å². The first-order valence-corrected chi connectivity index (χ1v) is 6.83. The largest absolute Gasteiger partial charge is 0.385 e. The van der Waals surface area contributed by atoms with E-state index in [9.17, 15) is 4.79 Å². The van der Waals surface area contributed by atoms with Crippen molar-refractivity contribution in [3.8, 4) is 0 Å². The van der Waals surface area contributed by atoms with Crippen LogP contribution in [0.4, 0.5) is 0 Å². The van der Waals surface area contributed by atoms with Crippen LogP contribution in [-0.4, -0.2) is 52.0 Å². The Kier molecular flexibility index (Phi) is 7.96. The molecule has 1 rings (SSSR count). The van der Waals surface area contributed by atoms with Gasteiger partial charge in [-0.05, 0) is 38.6 Å². The highest BCUT2D eigenvalue weighted by Gasteiger charge is 2.17. The Hall–Kier alpha value is -0.650. The summed E-state index contributed by atoms with van der Waals surface area (Å²) in [4.78, 5) is 11.7. The average Bonchev–Trinajstić information content (AvgIpc) is 2.42. The number of hydrogen-bond donors (Lipinski definition) is 2. The summed E-state index contributed by atoms with van der Waals surface area (Å²) in [7, 11) is 1.66. The van der Waals surface area contributed by atoms with Gasteiger partial charge in [0.1, 0.15) is 6.10 Å². The maximum Gasteiger partial charge on any atom is 0.248 e. The molecule has 5 nitrogen and oxygen atoms in total. The summed E-state index contributed by atoms with van der Waals surface area (Å²) in [6.45, 7) is 5.89. The van der Waals surface area contributed by atoms with Crippen LogP contribution in [0.2, 0.25) is 0 Å². The van der Waals surface area contributed by atoms with Crippen LogP contribution in [0.1, 0.15) is 26.2 Å². The highest BCUT2D eigenvalue weighted by Crippen LogP contribution is 2.10. The summed E-state index contributed by atoms with van der Waals surface area (Å²) in [5.74, 6) is 0.511. The smallest absolute Gasteiger partial charge is 0.248 e. The van der Waals surface area contributed by atoms with E-state index in [0.29, 0.717) is 25.7 Å². The Labute approximate surface area is 110 Å². The third-order valence-electron chi connectivity index (χ3n) is 3.17. The van der Waals surface area contributed by atoms with Gasteiger partial charge in [0.15, 0.2) is 0 Å². The Bertz CT molecular complexity index is 230. The van der Waals surface area contributed by atoms with Gasteiger partial charge in [-0.3, -0.25) is 4.79 Å². The molecule has 1 aliphatic rings.